The molecule has 0 aromatic rings. The second kappa shape index (κ2) is 6.91. The summed E-state index contributed by atoms with van der Waals surface area (Å²) in [7, 11) is 0. The smallest absolute Gasteiger partial charge is 0.0107 e. The zero-order chi connectivity index (χ0) is 13.0. The van der Waals surface area contributed by atoms with Crippen molar-refractivity contribution in [2.75, 3.05) is 26.2 Å². The van der Waals surface area contributed by atoms with Crippen LogP contribution in [-0.2, 0) is 0 Å². The molecule has 0 bridgehead atoms. The average Bonchev–Trinajstić information content (AvgIpc) is 3.16. The fraction of sp³-hybridized carbons (Fsp3) is 1.00. The fourth-order valence-electron chi connectivity index (χ4n) is 3.29. The van der Waals surface area contributed by atoms with Crippen molar-refractivity contribution in [3.63, 3.8) is 0 Å². The summed E-state index contributed by atoms with van der Waals surface area (Å²) in [6.07, 6.45) is 7.17. The minimum Gasteiger partial charge on any atom is -0.313 e. The van der Waals surface area contributed by atoms with Crippen molar-refractivity contribution in [3.05, 3.63) is 0 Å². The van der Waals surface area contributed by atoms with Crippen LogP contribution in [0.25, 0.3) is 0 Å². The molecule has 1 saturated carbocycles. The molecule has 18 heavy (non-hydrogen) atoms. The highest BCUT2D eigenvalue weighted by molar-refractivity contribution is 4.83. The quantitative estimate of drug-likeness (QED) is 0.781. The lowest BCUT2D eigenvalue weighted by Gasteiger charge is -2.22. The van der Waals surface area contributed by atoms with Gasteiger partial charge in [-0.25, -0.2) is 0 Å². The Balaban J connectivity index is 1.60. The van der Waals surface area contributed by atoms with Gasteiger partial charge in [0.25, 0.3) is 0 Å². The Morgan fingerprint density at radius 3 is 2.44 bits per heavy atom. The van der Waals surface area contributed by atoms with E-state index in [2.05, 4.69) is 31.0 Å². The first kappa shape index (κ1) is 14.3. The Kier molecular flexibility index (Phi) is 5.50. The Labute approximate surface area is 114 Å². The van der Waals surface area contributed by atoms with Gasteiger partial charge in [0, 0.05) is 19.1 Å². The number of nitrogens with zero attached hydrogens (tertiary/aromatic N) is 1. The van der Waals surface area contributed by atoms with Crippen LogP contribution in [0.5, 0.6) is 0 Å². The standard InChI is InChI=1S/C16H32N2/c1-13(2)15-5-4-10-18(11-8-15)12-9-17-14(3)16-6-7-16/h13-17H,4-12H2,1-3H3. The number of nitrogens with one attached hydrogen (secondary N) is 1. The maximum atomic E-state index is 3.70. The van der Waals surface area contributed by atoms with Gasteiger partial charge in [-0.1, -0.05) is 13.8 Å². The van der Waals surface area contributed by atoms with E-state index in [9.17, 15) is 0 Å². The molecule has 106 valence electrons. The highest BCUT2D eigenvalue weighted by Gasteiger charge is 2.27. The molecule has 2 rings (SSSR count). The van der Waals surface area contributed by atoms with Crippen LogP contribution in [0.2, 0.25) is 0 Å². The van der Waals surface area contributed by atoms with Gasteiger partial charge >= 0.3 is 0 Å². The largest absolute Gasteiger partial charge is 0.313 e. The monoisotopic (exact) mass is 252 g/mol. The molecule has 1 N–H and O–H groups in total. The summed E-state index contributed by atoms with van der Waals surface area (Å²) in [5, 5.41) is 3.70. The van der Waals surface area contributed by atoms with Crippen molar-refractivity contribution in [2.24, 2.45) is 17.8 Å². The predicted octanol–water partition coefficient (Wildman–Crippen LogP) is 3.13. The third-order valence-electron chi connectivity index (χ3n) is 5.03. The number of likely N-dealkylation sites (tertiary alicyclic amines) is 1. The third-order valence-corrected chi connectivity index (χ3v) is 5.03. The molecule has 1 aliphatic heterocycles. The van der Waals surface area contributed by atoms with E-state index in [0.717, 1.165) is 23.8 Å². The molecule has 0 aromatic carbocycles. The molecule has 0 spiro atoms. The molecule has 2 nitrogen and oxygen atoms in total. The van der Waals surface area contributed by atoms with Crippen LogP contribution in [0.3, 0.4) is 0 Å². The van der Waals surface area contributed by atoms with Crippen molar-refractivity contribution in [2.45, 2.75) is 58.9 Å². The van der Waals surface area contributed by atoms with E-state index in [1.807, 2.05) is 0 Å². The zero-order valence-electron chi connectivity index (χ0n) is 12.6. The van der Waals surface area contributed by atoms with E-state index in [1.54, 1.807) is 0 Å². The van der Waals surface area contributed by atoms with Crippen LogP contribution in [0.15, 0.2) is 0 Å². The van der Waals surface area contributed by atoms with Crippen LogP contribution in [-0.4, -0.2) is 37.1 Å². The molecule has 1 saturated heterocycles. The number of hydrogen-bond donors (Lipinski definition) is 1. The van der Waals surface area contributed by atoms with Gasteiger partial charge in [0.2, 0.25) is 0 Å². The van der Waals surface area contributed by atoms with Crippen LogP contribution >= 0.6 is 0 Å². The summed E-state index contributed by atoms with van der Waals surface area (Å²) >= 11 is 0. The second-order valence-corrected chi connectivity index (χ2v) is 6.86. The minimum atomic E-state index is 0.750. The lowest BCUT2D eigenvalue weighted by Crippen LogP contribution is -2.37. The van der Waals surface area contributed by atoms with Crippen molar-refractivity contribution in [1.82, 2.24) is 10.2 Å². The Morgan fingerprint density at radius 1 is 1.00 bits per heavy atom. The van der Waals surface area contributed by atoms with Crippen molar-refractivity contribution in [3.8, 4) is 0 Å². The van der Waals surface area contributed by atoms with Crippen LogP contribution in [0, 0.1) is 17.8 Å². The molecule has 2 aliphatic rings. The molecular weight excluding hydrogens is 220 g/mol. The summed E-state index contributed by atoms with van der Waals surface area (Å²) < 4.78 is 0. The number of rotatable bonds is 6. The summed E-state index contributed by atoms with van der Waals surface area (Å²) in [6, 6.07) is 0.750. The van der Waals surface area contributed by atoms with Gasteiger partial charge < -0.3 is 10.2 Å². The van der Waals surface area contributed by atoms with Gasteiger partial charge in [0.15, 0.2) is 0 Å². The molecule has 0 aromatic heterocycles. The molecule has 2 fully saturated rings. The topological polar surface area (TPSA) is 15.3 Å². The van der Waals surface area contributed by atoms with E-state index < -0.39 is 0 Å². The second-order valence-electron chi connectivity index (χ2n) is 6.86. The lowest BCUT2D eigenvalue weighted by molar-refractivity contribution is 0.267. The van der Waals surface area contributed by atoms with Gasteiger partial charge in [0.05, 0.1) is 0 Å². The van der Waals surface area contributed by atoms with Gasteiger partial charge in [-0.05, 0) is 69.9 Å². The predicted molar refractivity (Wildman–Crippen MR) is 78.8 cm³/mol. The third kappa shape index (κ3) is 4.55. The van der Waals surface area contributed by atoms with E-state index in [4.69, 9.17) is 0 Å². The Bertz CT molecular complexity index is 235. The fourth-order valence-corrected chi connectivity index (χ4v) is 3.29. The van der Waals surface area contributed by atoms with Crippen LogP contribution < -0.4 is 5.32 Å². The van der Waals surface area contributed by atoms with E-state index in [0.29, 0.717) is 0 Å². The van der Waals surface area contributed by atoms with Crippen molar-refractivity contribution in [1.29, 1.82) is 0 Å². The molecule has 2 atom stereocenters. The minimum absolute atomic E-state index is 0.750. The molecular formula is C16H32N2. The zero-order valence-corrected chi connectivity index (χ0v) is 12.6. The van der Waals surface area contributed by atoms with Gasteiger partial charge in [0.1, 0.15) is 0 Å². The first-order valence-corrected chi connectivity index (χ1v) is 8.12. The maximum Gasteiger partial charge on any atom is 0.0107 e. The SMILES string of the molecule is CC(C)C1CCCN(CCNC(C)C2CC2)CC1. The Morgan fingerprint density at radius 2 is 1.78 bits per heavy atom. The lowest BCUT2D eigenvalue weighted by atomic mass is 9.89. The van der Waals surface area contributed by atoms with Gasteiger partial charge in [-0.3, -0.25) is 0 Å². The van der Waals surface area contributed by atoms with Crippen molar-refractivity contribution >= 4 is 0 Å². The summed E-state index contributed by atoms with van der Waals surface area (Å²) in [4.78, 5) is 2.68. The molecule has 2 heteroatoms. The van der Waals surface area contributed by atoms with Crippen molar-refractivity contribution < 1.29 is 0 Å². The molecule has 0 amide bonds. The number of hydrogen-bond acceptors (Lipinski definition) is 2. The average molecular weight is 252 g/mol. The van der Waals surface area contributed by atoms with Crippen LogP contribution in [0.4, 0.5) is 0 Å². The molecule has 1 heterocycles. The van der Waals surface area contributed by atoms with E-state index in [-0.39, 0.29) is 0 Å². The first-order chi connectivity index (χ1) is 8.66. The molecule has 1 aliphatic carbocycles. The summed E-state index contributed by atoms with van der Waals surface area (Å²) in [6.45, 7) is 12.2. The highest BCUT2D eigenvalue weighted by atomic mass is 15.1. The normalized spacial score (nSPS) is 28.3. The summed E-state index contributed by atoms with van der Waals surface area (Å²) in [5.41, 5.74) is 0. The Hall–Kier alpha value is -0.0800. The van der Waals surface area contributed by atoms with Gasteiger partial charge in [-0.2, -0.15) is 0 Å². The maximum absolute atomic E-state index is 3.70. The highest BCUT2D eigenvalue weighted by Crippen LogP contribution is 2.32. The summed E-state index contributed by atoms with van der Waals surface area (Å²) in [5.74, 6) is 2.82. The molecule has 0 radical (unpaired) electrons. The van der Waals surface area contributed by atoms with Crippen LogP contribution in [0.1, 0.15) is 52.9 Å². The first-order valence-electron chi connectivity index (χ1n) is 8.12. The van der Waals surface area contributed by atoms with E-state index >= 15 is 0 Å². The van der Waals surface area contributed by atoms with E-state index in [1.165, 1.54) is 58.3 Å². The molecule has 2 unspecified atom stereocenters. The van der Waals surface area contributed by atoms with Gasteiger partial charge in [-0.15, -0.1) is 0 Å².